The number of aliphatic hydroxyl groups is 1. The molecule has 0 radical (unpaired) electrons. The number of hydrogen-bond acceptors (Lipinski definition) is 1. The second kappa shape index (κ2) is 4.10. The van der Waals surface area contributed by atoms with Crippen molar-refractivity contribution in [1.29, 1.82) is 0 Å². The van der Waals surface area contributed by atoms with E-state index in [0.717, 1.165) is 0 Å². The molecule has 66 valence electrons. The molecule has 0 saturated heterocycles. The summed E-state index contributed by atoms with van der Waals surface area (Å²) < 4.78 is 0. The summed E-state index contributed by atoms with van der Waals surface area (Å²) in [7, 11) is 0. The first-order valence-electron chi connectivity index (χ1n) is 4.94. The molecule has 0 unspecified atom stereocenters. The van der Waals surface area contributed by atoms with Crippen molar-refractivity contribution in [3.05, 3.63) is 0 Å². The Balaban J connectivity index is 2.11. The quantitative estimate of drug-likeness (QED) is 0.607. The molecule has 0 aromatic carbocycles. The topological polar surface area (TPSA) is 20.2 Å². The van der Waals surface area contributed by atoms with Crippen LogP contribution < -0.4 is 0 Å². The van der Waals surface area contributed by atoms with Crippen molar-refractivity contribution in [2.45, 2.75) is 51.9 Å². The van der Waals surface area contributed by atoms with Gasteiger partial charge in [-0.2, -0.15) is 0 Å². The van der Waals surface area contributed by atoms with Gasteiger partial charge in [0.25, 0.3) is 0 Å². The summed E-state index contributed by atoms with van der Waals surface area (Å²) in [5.41, 5.74) is 0.370. The minimum atomic E-state index is 0.370. The summed E-state index contributed by atoms with van der Waals surface area (Å²) in [5, 5.41) is 9.14. The molecule has 0 atom stereocenters. The summed E-state index contributed by atoms with van der Waals surface area (Å²) in [6, 6.07) is 0. The van der Waals surface area contributed by atoms with Crippen molar-refractivity contribution in [2.24, 2.45) is 5.41 Å². The van der Waals surface area contributed by atoms with Crippen molar-refractivity contribution in [3.8, 4) is 0 Å². The molecular formula is C10H20O. The average Bonchev–Trinajstić information content (AvgIpc) is 1.95. The lowest BCUT2D eigenvalue weighted by Gasteiger charge is -2.40. The third-order valence-electron chi connectivity index (χ3n) is 3.06. The van der Waals surface area contributed by atoms with Crippen LogP contribution in [0.15, 0.2) is 0 Å². The molecule has 1 fully saturated rings. The first kappa shape index (κ1) is 9.05. The first-order chi connectivity index (χ1) is 5.33. The number of aliphatic hydroxyl groups excluding tert-OH is 1. The maximum absolute atomic E-state index is 9.14. The molecule has 1 aliphatic rings. The van der Waals surface area contributed by atoms with Crippen LogP contribution >= 0.6 is 0 Å². The van der Waals surface area contributed by atoms with E-state index in [4.69, 9.17) is 5.11 Å². The molecule has 1 heteroatoms. The lowest BCUT2D eigenvalue weighted by atomic mass is 9.66. The van der Waals surface area contributed by atoms with E-state index in [1.165, 1.54) is 44.9 Å². The highest BCUT2D eigenvalue weighted by Crippen LogP contribution is 2.44. The minimum absolute atomic E-state index is 0.370. The van der Waals surface area contributed by atoms with Gasteiger partial charge in [-0.15, -0.1) is 0 Å². The monoisotopic (exact) mass is 156 g/mol. The third-order valence-corrected chi connectivity index (χ3v) is 3.06. The van der Waals surface area contributed by atoms with Crippen LogP contribution in [0.25, 0.3) is 0 Å². The number of unbranched alkanes of at least 4 members (excludes halogenated alkanes) is 2. The van der Waals surface area contributed by atoms with E-state index in [-0.39, 0.29) is 0 Å². The van der Waals surface area contributed by atoms with Gasteiger partial charge in [-0.05, 0) is 24.7 Å². The fraction of sp³-hybridized carbons (Fsp3) is 1.00. The molecule has 1 nitrogen and oxygen atoms in total. The highest BCUT2D eigenvalue weighted by atomic mass is 16.3. The van der Waals surface area contributed by atoms with Crippen LogP contribution in [0.3, 0.4) is 0 Å². The largest absolute Gasteiger partial charge is 0.396 e. The van der Waals surface area contributed by atoms with Crippen molar-refractivity contribution in [2.75, 3.05) is 6.61 Å². The van der Waals surface area contributed by atoms with Gasteiger partial charge in [-0.25, -0.2) is 0 Å². The van der Waals surface area contributed by atoms with E-state index in [0.29, 0.717) is 12.0 Å². The summed E-state index contributed by atoms with van der Waals surface area (Å²) in [6.45, 7) is 2.66. The zero-order valence-corrected chi connectivity index (χ0v) is 7.60. The molecule has 1 aliphatic carbocycles. The molecule has 0 aromatic heterocycles. The molecule has 0 amide bonds. The molecule has 0 spiro atoms. The zero-order valence-electron chi connectivity index (χ0n) is 7.60. The smallest absolute Gasteiger partial charge is 0.0487 e. The first-order valence-corrected chi connectivity index (χ1v) is 4.94. The van der Waals surface area contributed by atoms with E-state index in [1.54, 1.807) is 0 Å². The van der Waals surface area contributed by atoms with Gasteiger partial charge >= 0.3 is 0 Å². The van der Waals surface area contributed by atoms with Crippen LogP contribution in [0.4, 0.5) is 0 Å². The van der Waals surface area contributed by atoms with Gasteiger partial charge < -0.3 is 5.11 Å². The number of hydrogen-bond donors (Lipinski definition) is 1. The zero-order chi connectivity index (χ0) is 8.16. The normalized spacial score (nSPS) is 21.3. The predicted molar refractivity (Wildman–Crippen MR) is 47.5 cm³/mol. The molecule has 0 heterocycles. The number of rotatable bonds is 5. The summed E-state index contributed by atoms with van der Waals surface area (Å²) >= 11 is 0. The summed E-state index contributed by atoms with van der Waals surface area (Å²) in [5.74, 6) is 0. The van der Waals surface area contributed by atoms with Crippen molar-refractivity contribution < 1.29 is 5.11 Å². The van der Waals surface area contributed by atoms with Gasteiger partial charge in [0.2, 0.25) is 0 Å². The lowest BCUT2D eigenvalue weighted by molar-refractivity contribution is 0.0337. The molecule has 1 N–H and O–H groups in total. The third kappa shape index (κ3) is 2.19. The van der Waals surface area contributed by atoms with Crippen LogP contribution in [0.1, 0.15) is 51.9 Å². The van der Waals surface area contributed by atoms with Gasteiger partial charge in [0.05, 0.1) is 0 Å². The Hall–Kier alpha value is -0.0400. The fourth-order valence-electron chi connectivity index (χ4n) is 1.91. The molecule has 0 aromatic rings. The van der Waals surface area contributed by atoms with E-state index < -0.39 is 0 Å². The Labute approximate surface area is 69.8 Å². The standard InChI is InChI=1S/C10H20O/c1-2-3-4-6-10(9-11)7-5-8-10/h11H,2-9H2,1H3. The Morgan fingerprint density at radius 3 is 2.36 bits per heavy atom. The van der Waals surface area contributed by atoms with Gasteiger partial charge in [0.15, 0.2) is 0 Å². The van der Waals surface area contributed by atoms with Gasteiger partial charge in [0.1, 0.15) is 0 Å². The second-order valence-electron chi connectivity index (χ2n) is 3.97. The minimum Gasteiger partial charge on any atom is -0.396 e. The van der Waals surface area contributed by atoms with Crippen LogP contribution in [0.5, 0.6) is 0 Å². The molecular weight excluding hydrogens is 136 g/mol. The molecule has 1 rings (SSSR count). The highest BCUT2D eigenvalue weighted by Gasteiger charge is 2.35. The van der Waals surface area contributed by atoms with E-state index in [1.807, 2.05) is 0 Å². The average molecular weight is 156 g/mol. The van der Waals surface area contributed by atoms with Gasteiger partial charge in [-0.1, -0.05) is 32.6 Å². The SMILES string of the molecule is CCCCCC1(CO)CCC1. The Kier molecular flexibility index (Phi) is 3.38. The van der Waals surface area contributed by atoms with Crippen LogP contribution in [-0.2, 0) is 0 Å². The Morgan fingerprint density at radius 1 is 1.27 bits per heavy atom. The van der Waals surface area contributed by atoms with Crippen LogP contribution in [0.2, 0.25) is 0 Å². The predicted octanol–water partition coefficient (Wildman–Crippen LogP) is 2.73. The van der Waals surface area contributed by atoms with Crippen LogP contribution in [-0.4, -0.2) is 11.7 Å². The Bertz CT molecular complexity index is 99.9. The second-order valence-corrected chi connectivity index (χ2v) is 3.97. The summed E-state index contributed by atoms with van der Waals surface area (Å²) in [4.78, 5) is 0. The molecule has 1 saturated carbocycles. The molecule has 0 bridgehead atoms. The van der Waals surface area contributed by atoms with E-state index >= 15 is 0 Å². The fourth-order valence-corrected chi connectivity index (χ4v) is 1.91. The van der Waals surface area contributed by atoms with Crippen molar-refractivity contribution in [3.63, 3.8) is 0 Å². The maximum Gasteiger partial charge on any atom is 0.0487 e. The maximum atomic E-state index is 9.14. The van der Waals surface area contributed by atoms with Crippen LogP contribution in [0, 0.1) is 5.41 Å². The summed E-state index contributed by atoms with van der Waals surface area (Å²) in [6.07, 6.45) is 9.09. The van der Waals surface area contributed by atoms with E-state index in [9.17, 15) is 0 Å². The van der Waals surface area contributed by atoms with Crippen molar-refractivity contribution >= 4 is 0 Å². The van der Waals surface area contributed by atoms with Gasteiger partial charge in [-0.3, -0.25) is 0 Å². The Morgan fingerprint density at radius 2 is 2.00 bits per heavy atom. The molecule has 0 aliphatic heterocycles. The van der Waals surface area contributed by atoms with E-state index in [2.05, 4.69) is 6.92 Å². The van der Waals surface area contributed by atoms with Crippen molar-refractivity contribution in [1.82, 2.24) is 0 Å². The van der Waals surface area contributed by atoms with Gasteiger partial charge in [0, 0.05) is 6.61 Å². The highest BCUT2D eigenvalue weighted by molar-refractivity contribution is 4.86. The lowest BCUT2D eigenvalue weighted by Crippen LogP contribution is -2.33. The molecule has 11 heavy (non-hydrogen) atoms.